The van der Waals surface area contributed by atoms with E-state index in [2.05, 4.69) is 22.7 Å². The van der Waals surface area contributed by atoms with Gasteiger partial charge in [-0.15, -0.1) is 0 Å². The maximum Gasteiger partial charge on any atom is 0.258 e. The number of nitrogens with zero attached hydrogens (tertiary/aromatic N) is 2. The van der Waals surface area contributed by atoms with Crippen molar-refractivity contribution in [2.45, 2.75) is 20.3 Å². The zero-order chi connectivity index (χ0) is 21.1. The van der Waals surface area contributed by atoms with Crippen LogP contribution in [0, 0.1) is 13.8 Å². The molecule has 0 aliphatic heterocycles. The molecule has 150 valence electrons. The first-order valence-corrected chi connectivity index (χ1v) is 10.1. The van der Waals surface area contributed by atoms with Crippen molar-refractivity contribution in [1.29, 1.82) is 0 Å². The van der Waals surface area contributed by atoms with Crippen LogP contribution in [0.3, 0.4) is 0 Å². The van der Waals surface area contributed by atoms with E-state index < -0.39 is 5.91 Å². The molecule has 0 unspecified atom stereocenters. The van der Waals surface area contributed by atoms with Gasteiger partial charge in [-0.3, -0.25) is 14.8 Å². The Kier molecular flexibility index (Phi) is 6.57. The number of hydrogen-bond acceptors (Lipinski definition) is 3. The second-order valence-corrected chi connectivity index (χ2v) is 7.93. The van der Waals surface area contributed by atoms with Gasteiger partial charge in [-0.2, -0.15) is 5.10 Å². The topological polar surface area (TPSA) is 59.0 Å². The van der Waals surface area contributed by atoms with E-state index in [4.69, 9.17) is 35.4 Å². The lowest BCUT2D eigenvalue weighted by Gasteiger charge is -2.11. The normalized spacial score (nSPS) is 10.7. The van der Waals surface area contributed by atoms with Crippen LogP contribution >= 0.6 is 35.4 Å². The zero-order valence-corrected chi connectivity index (χ0v) is 18.5. The molecular weight excluding hydrogens is 427 g/mol. The van der Waals surface area contributed by atoms with Crippen LogP contribution in [0.1, 0.15) is 32.9 Å². The highest BCUT2D eigenvalue weighted by atomic mass is 35.5. The molecule has 0 aliphatic rings. The molecule has 3 rings (SSSR count). The van der Waals surface area contributed by atoms with Gasteiger partial charge in [0.25, 0.3) is 5.91 Å². The third-order valence-electron chi connectivity index (χ3n) is 4.65. The van der Waals surface area contributed by atoms with Gasteiger partial charge >= 0.3 is 0 Å². The van der Waals surface area contributed by atoms with Gasteiger partial charge in [-0.05, 0) is 62.0 Å². The third-order valence-corrected chi connectivity index (χ3v) is 5.41. The summed E-state index contributed by atoms with van der Waals surface area (Å²) in [6.45, 7) is 4.09. The van der Waals surface area contributed by atoms with Crippen molar-refractivity contribution in [3.63, 3.8) is 0 Å². The number of aromatic nitrogens is 2. The van der Waals surface area contributed by atoms with Crippen molar-refractivity contribution >= 4 is 52.1 Å². The molecular formula is C21H20Cl2N4OS. The molecule has 29 heavy (non-hydrogen) atoms. The average Bonchev–Trinajstić information content (AvgIpc) is 2.89. The Morgan fingerprint density at radius 2 is 1.83 bits per heavy atom. The van der Waals surface area contributed by atoms with Crippen LogP contribution in [0.4, 0.5) is 5.69 Å². The predicted octanol–water partition coefficient (Wildman–Crippen LogP) is 5.06. The van der Waals surface area contributed by atoms with E-state index in [0.29, 0.717) is 10.6 Å². The molecule has 0 saturated heterocycles. The highest BCUT2D eigenvalue weighted by Gasteiger charge is 2.13. The molecule has 1 aromatic heterocycles. The van der Waals surface area contributed by atoms with E-state index in [1.165, 1.54) is 11.6 Å². The van der Waals surface area contributed by atoms with Crippen LogP contribution in [0.2, 0.25) is 10.0 Å². The van der Waals surface area contributed by atoms with Crippen LogP contribution in [0.25, 0.3) is 0 Å². The van der Waals surface area contributed by atoms with E-state index in [-0.39, 0.29) is 10.1 Å². The second kappa shape index (κ2) is 8.95. The van der Waals surface area contributed by atoms with Crippen molar-refractivity contribution in [3.05, 3.63) is 80.6 Å². The number of benzene rings is 2. The minimum absolute atomic E-state index is 0.188. The highest BCUT2D eigenvalue weighted by Crippen LogP contribution is 2.21. The van der Waals surface area contributed by atoms with Gasteiger partial charge in [0.2, 0.25) is 0 Å². The number of halogens is 2. The molecule has 3 aromatic rings. The first kappa shape index (κ1) is 21.3. The molecule has 2 aromatic carbocycles. The summed E-state index contributed by atoms with van der Waals surface area (Å²) in [4.78, 5) is 12.3. The van der Waals surface area contributed by atoms with Crippen molar-refractivity contribution < 1.29 is 4.79 Å². The molecule has 0 atom stereocenters. The largest absolute Gasteiger partial charge is 0.332 e. The van der Waals surface area contributed by atoms with Crippen molar-refractivity contribution in [2.24, 2.45) is 7.05 Å². The number of carbonyl (C=O) groups is 1. The molecule has 0 spiro atoms. The van der Waals surface area contributed by atoms with E-state index in [0.717, 1.165) is 29.1 Å². The summed E-state index contributed by atoms with van der Waals surface area (Å²) in [5, 5.41) is 11.0. The number of rotatable bonds is 4. The van der Waals surface area contributed by atoms with Crippen LogP contribution in [-0.4, -0.2) is 20.8 Å². The molecule has 0 radical (unpaired) electrons. The number of aryl methyl sites for hydroxylation is 2. The molecule has 0 saturated carbocycles. The van der Waals surface area contributed by atoms with Crippen molar-refractivity contribution in [2.75, 3.05) is 5.32 Å². The zero-order valence-electron chi connectivity index (χ0n) is 16.2. The predicted molar refractivity (Wildman–Crippen MR) is 122 cm³/mol. The molecule has 8 heteroatoms. The lowest BCUT2D eigenvalue weighted by Crippen LogP contribution is -2.34. The lowest BCUT2D eigenvalue weighted by molar-refractivity contribution is 0.0978. The summed E-state index contributed by atoms with van der Waals surface area (Å²) in [6, 6.07) is 12.6. The lowest BCUT2D eigenvalue weighted by atomic mass is 10.0. The second-order valence-electron chi connectivity index (χ2n) is 6.68. The average molecular weight is 447 g/mol. The Morgan fingerprint density at radius 3 is 2.41 bits per heavy atom. The first-order valence-electron chi connectivity index (χ1n) is 8.90. The Hall–Kier alpha value is -2.41. The summed E-state index contributed by atoms with van der Waals surface area (Å²) in [7, 11) is 1.95. The SMILES string of the molecule is Cc1nn(C)c(C)c1Cc1ccc(NC(=S)NC(=O)c2ccc(Cl)cc2Cl)cc1. The maximum absolute atomic E-state index is 12.3. The molecule has 1 heterocycles. The molecule has 0 bridgehead atoms. The summed E-state index contributed by atoms with van der Waals surface area (Å²) >= 11 is 17.2. The third kappa shape index (κ3) is 5.15. The van der Waals surface area contributed by atoms with E-state index in [1.807, 2.05) is 42.9 Å². The minimum Gasteiger partial charge on any atom is -0.332 e. The maximum atomic E-state index is 12.3. The fourth-order valence-electron chi connectivity index (χ4n) is 2.99. The molecule has 1 amide bonds. The highest BCUT2D eigenvalue weighted by molar-refractivity contribution is 7.80. The van der Waals surface area contributed by atoms with Gasteiger partial charge in [0.1, 0.15) is 0 Å². The van der Waals surface area contributed by atoms with Gasteiger partial charge < -0.3 is 5.32 Å². The number of anilines is 1. The fourth-order valence-corrected chi connectivity index (χ4v) is 3.69. The van der Waals surface area contributed by atoms with E-state index >= 15 is 0 Å². The number of carbonyl (C=O) groups excluding carboxylic acids is 1. The summed E-state index contributed by atoms with van der Waals surface area (Å²) < 4.78 is 1.90. The Labute approximate surface area is 185 Å². The molecule has 0 aliphatic carbocycles. The van der Waals surface area contributed by atoms with Gasteiger partial charge in [0, 0.05) is 35.4 Å². The van der Waals surface area contributed by atoms with Crippen molar-refractivity contribution in [3.8, 4) is 0 Å². The fraction of sp³-hybridized carbons (Fsp3) is 0.190. The molecule has 5 nitrogen and oxygen atoms in total. The molecule has 2 N–H and O–H groups in total. The number of thiocarbonyl (C=S) groups is 1. The summed E-state index contributed by atoms with van der Waals surface area (Å²) in [5.41, 5.74) is 5.68. The minimum atomic E-state index is -0.400. The van der Waals surface area contributed by atoms with E-state index in [9.17, 15) is 4.79 Å². The van der Waals surface area contributed by atoms with Crippen LogP contribution < -0.4 is 10.6 Å². The van der Waals surface area contributed by atoms with Crippen LogP contribution in [0.15, 0.2) is 42.5 Å². The van der Waals surface area contributed by atoms with Crippen LogP contribution in [-0.2, 0) is 13.5 Å². The Bertz CT molecular complexity index is 1080. The van der Waals surface area contributed by atoms with Gasteiger partial charge in [-0.25, -0.2) is 0 Å². The van der Waals surface area contributed by atoms with Crippen molar-refractivity contribution in [1.82, 2.24) is 15.1 Å². The number of nitrogens with one attached hydrogen (secondary N) is 2. The Morgan fingerprint density at radius 1 is 1.14 bits per heavy atom. The molecule has 0 fully saturated rings. The van der Waals surface area contributed by atoms with Gasteiger partial charge in [0.15, 0.2) is 5.11 Å². The number of hydrogen-bond donors (Lipinski definition) is 2. The van der Waals surface area contributed by atoms with Gasteiger partial charge in [-0.1, -0.05) is 35.3 Å². The van der Waals surface area contributed by atoms with E-state index in [1.54, 1.807) is 12.1 Å². The first-order chi connectivity index (χ1) is 13.7. The van der Waals surface area contributed by atoms with Gasteiger partial charge in [0.05, 0.1) is 16.3 Å². The smallest absolute Gasteiger partial charge is 0.258 e. The monoisotopic (exact) mass is 446 g/mol. The van der Waals surface area contributed by atoms with Crippen LogP contribution in [0.5, 0.6) is 0 Å². The summed E-state index contributed by atoms with van der Waals surface area (Å²) in [6.07, 6.45) is 0.808. The standard InChI is InChI=1S/C21H20Cl2N4OS/c1-12-18(13(2)27(3)26-12)10-14-4-7-16(8-5-14)24-21(29)25-20(28)17-9-6-15(22)11-19(17)23/h4-9,11H,10H2,1-3H3,(H2,24,25,28,29). The number of amides is 1. The quantitative estimate of drug-likeness (QED) is 0.549. The Balaban J connectivity index is 1.62. The summed E-state index contributed by atoms with van der Waals surface area (Å²) in [5.74, 6) is -0.400.